The molecule has 0 aliphatic rings. The second-order valence-corrected chi connectivity index (χ2v) is 2.59. The van der Waals surface area contributed by atoms with Crippen LogP contribution in [0.15, 0.2) is 0 Å². The zero-order valence-electron chi connectivity index (χ0n) is 7.11. The molecular formula is C9H21NO. The molecule has 0 radical (unpaired) electrons. The van der Waals surface area contributed by atoms with Crippen LogP contribution in [0.5, 0.6) is 0 Å². The molecule has 0 amide bonds. The molecule has 0 aromatic rings. The van der Waals surface area contributed by atoms with Crippen LogP contribution in [-0.4, -0.2) is 18.9 Å². The molecule has 0 spiro atoms. The number of Topliss-reactive ketones (excluding diaryl/α,β-unsaturated/α-hetero) is 1. The lowest BCUT2D eigenvalue weighted by Gasteiger charge is -2.10. The van der Waals surface area contributed by atoms with Gasteiger partial charge >= 0.3 is 0 Å². The zero-order chi connectivity index (χ0) is 7.98. The molecule has 0 bridgehead atoms. The molecule has 0 aliphatic carbocycles. The molecule has 0 heterocycles. The van der Waals surface area contributed by atoms with Crippen LogP contribution in [0.25, 0.3) is 0 Å². The lowest BCUT2D eigenvalue weighted by molar-refractivity contribution is -0.119. The van der Waals surface area contributed by atoms with Crippen LogP contribution in [0.4, 0.5) is 0 Å². The summed E-state index contributed by atoms with van der Waals surface area (Å²) in [5.74, 6) is 0.246. The van der Waals surface area contributed by atoms with E-state index in [0.717, 1.165) is 19.3 Å². The number of ketones is 1. The van der Waals surface area contributed by atoms with E-state index < -0.39 is 0 Å². The molecule has 11 heavy (non-hydrogen) atoms. The van der Waals surface area contributed by atoms with Crippen LogP contribution in [0, 0.1) is 0 Å². The average Bonchev–Trinajstić information content (AvgIpc) is 1.89. The third kappa shape index (κ3) is 6.05. The maximum Gasteiger partial charge on any atom is 0.146 e. The summed E-state index contributed by atoms with van der Waals surface area (Å²) in [4.78, 5) is 10.8. The van der Waals surface area contributed by atoms with Crippen molar-refractivity contribution in [1.29, 1.82) is 0 Å². The smallest absolute Gasteiger partial charge is 0.146 e. The molecule has 0 saturated carbocycles. The number of hydrogen-bond acceptors (Lipinski definition) is 2. The van der Waals surface area contributed by atoms with E-state index >= 15 is 0 Å². The fraction of sp³-hybridized carbons (Fsp3) is 0.889. The summed E-state index contributed by atoms with van der Waals surface area (Å²) in [5.41, 5.74) is 0. The molecular weight excluding hydrogens is 138 g/mol. The number of carbonyl (C=O) groups is 1. The summed E-state index contributed by atoms with van der Waals surface area (Å²) in [6.45, 7) is 3.77. The average molecular weight is 159 g/mol. The SMILES string of the molecule is C.CCCCC(NC)C(C)=O. The van der Waals surface area contributed by atoms with Crippen molar-refractivity contribution in [3.63, 3.8) is 0 Å². The molecule has 0 fully saturated rings. The Bertz CT molecular complexity index is 102. The minimum atomic E-state index is 0. The van der Waals surface area contributed by atoms with Crippen LogP contribution in [0.3, 0.4) is 0 Å². The molecule has 2 nitrogen and oxygen atoms in total. The van der Waals surface area contributed by atoms with E-state index in [-0.39, 0.29) is 19.3 Å². The maximum absolute atomic E-state index is 10.8. The van der Waals surface area contributed by atoms with Gasteiger partial charge in [0.15, 0.2) is 0 Å². The van der Waals surface area contributed by atoms with Gasteiger partial charge in [-0.1, -0.05) is 27.2 Å². The van der Waals surface area contributed by atoms with Gasteiger partial charge in [-0.05, 0) is 20.4 Å². The third-order valence-electron chi connectivity index (χ3n) is 1.69. The van der Waals surface area contributed by atoms with Gasteiger partial charge in [0.05, 0.1) is 6.04 Å². The quantitative estimate of drug-likeness (QED) is 0.664. The van der Waals surface area contributed by atoms with Gasteiger partial charge in [-0.15, -0.1) is 0 Å². The van der Waals surface area contributed by atoms with E-state index in [1.807, 2.05) is 7.05 Å². The van der Waals surface area contributed by atoms with Crippen molar-refractivity contribution >= 4 is 5.78 Å². The molecule has 0 aromatic carbocycles. The molecule has 1 N–H and O–H groups in total. The van der Waals surface area contributed by atoms with Crippen molar-refractivity contribution < 1.29 is 4.79 Å². The van der Waals surface area contributed by atoms with Gasteiger partial charge in [-0.2, -0.15) is 0 Å². The molecule has 1 atom stereocenters. The van der Waals surface area contributed by atoms with Gasteiger partial charge in [0, 0.05) is 0 Å². The van der Waals surface area contributed by atoms with Crippen molar-refractivity contribution in [2.75, 3.05) is 7.05 Å². The molecule has 0 saturated heterocycles. The van der Waals surface area contributed by atoms with Gasteiger partial charge in [-0.3, -0.25) is 4.79 Å². The summed E-state index contributed by atoms with van der Waals surface area (Å²) in [6.07, 6.45) is 3.26. The minimum absolute atomic E-state index is 0. The Labute approximate surface area is 70.4 Å². The Morgan fingerprint density at radius 3 is 2.36 bits per heavy atom. The van der Waals surface area contributed by atoms with Gasteiger partial charge in [0.2, 0.25) is 0 Å². The van der Waals surface area contributed by atoms with Crippen LogP contribution >= 0.6 is 0 Å². The second-order valence-electron chi connectivity index (χ2n) is 2.59. The Kier molecular flexibility index (Phi) is 9.31. The largest absolute Gasteiger partial charge is 0.311 e. The monoisotopic (exact) mass is 159 g/mol. The summed E-state index contributed by atoms with van der Waals surface area (Å²) >= 11 is 0. The van der Waals surface area contributed by atoms with Crippen LogP contribution < -0.4 is 5.32 Å². The van der Waals surface area contributed by atoms with Crippen molar-refractivity contribution in [3.8, 4) is 0 Å². The van der Waals surface area contributed by atoms with Gasteiger partial charge < -0.3 is 5.32 Å². The van der Waals surface area contributed by atoms with E-state index in [9.17, 15) is 4.79 Å². The molecule has 68 valence electrons. The first-order valence-corrected chi connectivity index (χ1v) is 3.90. The molecule has 1 unspecified atom stereocenters. The number of unbranched alkanes of at least 4 members (excludes halogenated alkanes) is 1. The third-order valence-corrected chi connectivity index (χ3v) is 1.69. The highest BCUT2D eigenvalue weighted by Gasteiger charge is 2.08. The Morgan fingerprint density at radius 2 is 2.09 bits per heavy atom. The zero-order valence-corrected chi connectivity index (χ0v) is 7.11. The number of rotatable bonds is 5. The normalized spacial score (nSPS) is 11.9. The Morgan fingerprint density at radius 1 is 1.55 bits per heavy atom. The lowest BCUT2D eigenvalue weighted by atomic mass is 10.1. The first-order valence-electron chi connectivity index (χ1n) is 3.90. The number of hydrogen-bond donors (Lipinski definition) is 1. The highest BCUT2D eigenvalue weighted by atomic mass is 16.1. The highest BCUT2D eigenvalue weighted by Crippen LogP contribution is 2.00. The van der Waals surface area contributed by atoms with Crippen LogP contribution in [0.2, 0.25) is 0 Å². The van der Waals surface area contributed by atoms with E-state index in [2.05, 4.69) is 12.2 Å². The van der Waals surface area contributed by atoms with E-state index in [0.29, 0.717) is 0 Å². The molecule has 2 heteroatoms. The van der Waals surface area contributed by atoms with Gasteiger partial charge in [0.1, 0.15) is 5.78 Å². The van der Waals surface area contributed by atoms with Crippen LogP contribution in [0.1, 0.15) is 40.5 Å². The van der Waals surface area contributed by atoms with Gasteiger partial charge in [0.25, 0.3) is 0 Å². The van der Waals surface area contributed by atoms with Crippen molar-refractivity contribution in [2.45, 2.75) is 46.6 Å². The minimum Gasteiger partial charge on any atom is -0.311 e. The van der Waals surface area contributed by atoms with Gasteiger partial charge in [-0.25, -0.2) is 0 Å². The predicted molar refractivity (Wildman–Crippen MR) is 49.8 cm³/mol. The van der Waals surface area contributed by atoms with Crippen molar-refractivity contribution in [2.24, 2.45) is 0 Å². The molecule has 0 aliphatic heterocycles. The van der Waals surface area contributed by atoms with E-state index in [4.69, 9.17) is 0 Å². The fourth-order valence-corrected chi connectivity index (χ4v) is 0.959. The first kappa shape index (κ1) is 13.2. The van der Waals surface area contributed by atoms with Crippen molar-refractivity contribution in [3.05, 3.63) is 0 Å². The standard InChI is InChI=1S/C8H17NO.CH4/c1-4-5-6-8(9-3)7(2)10;/h8-9H,4-6H2,1-3H3;1H4. The summed E-state index contributed by atoms with van der Waals surface area (Å²) in [5, 5.41) is 2.99. The number of likely N-dealkylation sites (N-methyl/N-ethyl adjacent to an activating group) is 1. The topological polar surface area (TPSA) is 29.1 Å². The highest BCUT2D eigenvalue weighted by molar-refractivity contribution is 5.81. The summed E-state index contributed by atoms with van der Waals surface area (Å²) in [6, 6.07) is 0.0833. The summed E-state index contributed by atoms with van der Waals surface area (Å²) in [7, 11) is 1.84. The Hall–Kier alpha value is -0.370. The fourth-order valence-electron chi connectivity index (χ4n) is 0.959. The lowest BCUT2D eigenvalue weighted by Crippen LogP contribution is -2.31. The molecule has 0 aromatic heterocycles. The maximum atomic E-state index is 10.8. The number of nitrogens with one attached hydrogen (secondary N) is 1. The Balaban J connectivity index is 0. The van der Waals surface area contributed by atoms with E-state index in [1.165, 1.54) is 0 Å². The summed E-state index contributed by atoms with van der Waals surface area (Å²) < 4.78 is 0. The van der Waals surface area contributed by atoms with Crippen molar-refractivity contribution in [1.82, 2.24) is 5.32 Å². The van der Waals surface area contributed by atoms with E-state index in [1.54, 1.807) is 6.92 Å². The first-order chi connectivity index (χ1) is 4.72. The molecule has 0 rings (SSSR count). The van der Waals surface area contributed by atoms with Crippen LogP contribution in [-0.2, 0) is 4.79 Å². The second kappa shape index (κ2) is 7.73. The predicted octanol–water partition coefficient (Wildman–Crippen LogP) is 1.99. The number of carbonyl (C=O) groups excluding carboxylic acids is 1.